The van der Waals surface area contributed by atoms with E-state index in [1.807, 2.05) is 0 Å². The zero-order valence-corrected chi connectivity index (χ0v) is 10.1. The molecule has 0 aliphatic rings. The van der Waals surface area contributed by atoms with Crippen molar-refractivity contribution in [3.63, 3.8) is 0 Å². The average Bonchev–Trinajstić information content (AvgIpc) is 2.22. The van der Waals surface area contributed by atoms with Crippen molar-refractivity contribution >= 4 is 27.7 Å². The Morgan fingerprint density at radius 1 is 1.50 bits per heavy atom. The molecule has 16 heavy (non-hydrogen) atoms. The molecule has 0 aliphatic carbocycles. The molecule has 0 radical (unpaired) electrons. The summed E-state index contributed by atoms with van der Waals surface area (Å²) in [6.07, 6.45) is 1.52. The van der Waals surface area contributed by atoms with Crippen LogP contribution in [-0.4, -0.2) is 22.6 Å². The molecule has 0 fully saturated rings. The number of nitrogens with zero attached hydrogens (tertiary/aromatic N) is 1. The third kappa shape index (κ3) is 4.57. The lowest BCUT2D eigenvalue weighted by Gasteiger charge is -2.05. The molecule has 88 valence electrons. The maximum absolute atomic E-state index is 12.8. The largest absolute Gasteiger partial charge is 0.481 e. The summed E-state index contributed by atoms with van der Waals surface area (Å²) in [5.41, 5.74) is 0. The molecule has 0 bridgehead atoms. The Hall–Kier alpha value is -1.17. The second-order valence-corrected chi connectivity index (χ2v) is 4.00. The van der Waals surface area contributed by atoms with Gasteiger partial charge in [-0.2, -0.15) is 0 Å². The second kappa shape index (κ2) is 6.42. The number of aliphatic carboxylic acids is 1. The van der Waals surface area contributed by atoms with Crippen LogP contribution >= 0.6 is 15.9 Å². The van der Waals surface area contributed by atoms with Gasteiger partial charge in [-0.15, -0.1) is 0 Å². The number of aromatic nitrogens is 1. The van der Waals surface area contributed by atoms with Crippen molar-refractivity contribution < 1.29 is 14.3 Å². The molecule has 0 aromatic carbocycles. The minimum Gasteiger partial charge on any atom is -0.481 e. The molecule has 0 spiro atoms. The van der Waals surface area contributed by atoms with Crippen molar-refractivity contribution in [3.05, 3.63) is 22.6 Å². The van der Waals surface area contributed by atoms with Crippen LogP contribution in [0.5, 0.6) is 0 Å². The number of hydrogen-bond donors (Lipinski definition) is 2. The van der Waals surface area contributed by atoms with Crippen molar-refractivity contribution in [2.45, 2.75) is 19.3 Å². The van der Waals surface area contributed by atoms with E-state index in [1.54, 1.807) is 0 Å². The Morgan fingerprint density at radius 2 is 2.25 bits per heavy atom. The third-order valence-corrected chi connectivity index (χ3v) is 2.48. The maximum atomic E-state index is 12.8. The SMILES string of the molecule is O=C(O)CCCCNc1ccc(F)c(Br)n1. The van der Waals surface area contributed by atoms with E-state index >= 15 is 0 Å². The van der Waals surface area contributed by atoms with Crippen LogP contribution in [0.4, 0.5) is 10.2 Å². The molecule has 0 amide bonds. The van der Waals surface area contributed by atoms with E-state index in [4.69, 9.17) is 5.11 Å². The third-order valence-electron chi connectivity index (χ3n) is 1.93. The first-order valence-electron chi connectivity index (χ1n) is 4.87. The van der Waals surface area contributed by atoms with Gasteiger partial charge in [0.1, 0.15) is 10.4 Å². The number of halogens is 2. The van der Waals surface area contributed by atoms with Crippen molar-refractivity contribution in [2.24, 2.45) is 0 Å². The van der Waals surface area contributed by atoms with Crippen LogP contribution in [0.2, 0.25) is 0 Å². The lowest BCUT2D eigenvalue weighted by atomic mass is 10.2. The summed E-state index contributed by atoms with van der Waals surface area (Å²) in [6.45, 7) is 0.623. The van der Waals surface area contributed by atoms with Crippen molar-refractivity contribution in [1.29, 1.82) is 0 Å². The molecule has 0 unspecified atom stereocenters. The second-order valence-electron chi connectivity index (χ2n) is 3.25. The molecule has 0 aliphatic heterocycles. The van der Waals surface area contributed by atoms with E-state index < -0.39 is 11.8 Å². The summed E-state index contributed by atoms with van der Waals surface area (Å²) in [5, 5.41) is 11.4. The Morgan fingerprint density at radius 3 is 2.88 bits per heavy atom. The Balaban J connectivity index is 2.27. The van der Waals surface area contributed by atoms with Gasteiger partial charge in [0.05, 0.1) is 0 Å². The standard InChI is InChI=1S/C10H12BrFN2O2/c11-10-7(12)4-5-8(14-10)13-6-2-1-3-9(15)16/h4-5H,1-3,6H2,(H,13,14)(H,15,16). The number of carboxylic acid groups (broad SMARTS) is 1. The summed E-state index contributed by atoms with van der Waals surface area (Å²) >= 11 is 2.98. The van der Waals surface area contributed by atoms with Gasteiger partial charge < -0.3 is 10.4 Å². The zero-order chi connectivity index (χ0) is 12.0. The molecular weight excluding hydrogens is 279 g/mol. The number of pyridine rings is 1. The summed E-state index contributed by atoms with van der Waals surface area (Å²) in [5.74, 6) is -0.623. The molecule has 1 aromatic heterocycles. The van der Waals surface area contributed by atoms with Gasteiger partial charge >= 0.3 is 5.97 Å². The highest BCUT2D eigenvalue weighted by atomic mass is 79.9. The fraction of sp³-hybridized carbons (Fsp3) is 0.400. The first-order valence-corrected chi connectivity index (χ1v) is 5.66. The number of unbranched alkanes of at least 4 members (excludes halogenated alkanes) is 1. The molecule has 6 heteroatoms. The van der Waals surface area contributed by atoms with Crippen LogP contribution in [0, 0.1) is 5.82 Å². The van der Waals surface area contributed by atoms with E-state index in [9.17, 15) is 9.18 Å². The summed E-state index contributed by atoms with van der Waals surface area (Å²) in [6, 6.07) is 2.86. The van der Waals surface area contributed by atoms with Crippen LogP contribution in [0.1, 0.15) is 19.3 Å². The van der Waals surface area contributed by atoms with Gasteiger partial charge in [0.25, 0.3) is 0 Å². The zero-order valence-electron chi connectivity index (χ0n) is 8.54. The van der Waals surface area contributed by atoms with Crippen molar-refractivity contribution in [1.82, 2.24) is 4.98 Å². The fourth-order valence-electron chi connectivity index (χ4n) is 1.13. The minimum absolute atomic E-state index is 0.169. The number of rotatable bonds is 6. The van der Waals surface area contributed by atoms with Crippen LogP contribution in [0.25, 0.3) is 0 Å². The van der Waals surface area contributed by atoms with Crippen LogP contribution in [0.15, 0.2) is 16.7 Å². The number of nitrogens with one attached hydrogen (secondary N) is 1. The van der Waals surface area contributed by atoms with E-state index in [-0.39, 0.29) is 11.0 Å². The quantitative estimate of drug-likeness (QED) is 0.625. The molecule has 0 saturated carbocycles. The first kappa shape index (κ1) is 12.9. The maximum Gasteiger partial charge on any atom is 0.303 e. The van der Waals surface area contributed by atoms with Crippen LogP contribution in [0.3, 0.4) is 0 Å². The van der Waals surface area contributed by atoms with Gasteiger partial charge in [0.2, 0.25) is 0 Å². The number of hydrogen-bond acceptors (Lipinski definition) is 3. The van der Waals surface area contributed by atoms with E-state index in [1.165, 1.54) is 12.1 Å². The normalized spacial score (nSPS) is 10.1. The van der Waals surface area contributed by atoms with E-state index in [2.05, 4.69) is 26.2 Å². The van der Waals surface area contributed by atoms with Crippen molar-refractivity contribution in [3.8, 4) is 0 Å². The molecule has 1 aromatic rings. The van der Waals surface area contributed by atoms with Gasteiger partial charge in [-0.1, -0.05) is 0 Å². The van der Waals surface area contributed by atoms with E-state index in [0.717, 1.165) is 6.42 Å². The van der Waals surface area contributed by atoms with E-state index in [0.29, 0.717) is 18.8 Å². The Kier molecular flexibility index (Phi) is 5.18. The highest BCUT2D eigenvalue weighted by Crippen LogP contribution is 2.15. The lowest BCUT2D eigenvalue weighted by molar-refractivity contribution is -0.137. The Bertz CT molecular complexity index is 374. The smallest absolute Gasteiger partial charge is 0.303 e. The predicted octanol–water partition coefficient (Wildman–Crippen LogP) is 2.65. The number of anilines is 1. The molecule has 4 nitrogen and oxygen atoms in total. The van der Waals surface area contributed by atoms with Gasteiger partial charge in [-0.05, 0) is 40.9 Å². The first-order chi connectivity index (χ1) is 7.59. The summed E-state index contributed by atoms with van der Waals surface area (Å²) in [4.78, 5) is 14.2. The molecule has 0 atom stereocenters. The molecule has 2 N–H and O–H groups in total. The number of carboxylic acids is 1. The number of carbonyl (C=O) groups is 1. The van der Waals surface area contributed by atoms with Gasteiger partial charge in [-0.3, -0.25) is 4.79 Å². The van der Waals surface area contributed by atoms with Crippen LogP contribution in [-0.2, 0) is 4.79 Å². The van der Waals surface area contributed by atoms with Gasteiger partial charge in [-0.25, -0.2) is 9.37 Å². The highest BCUT2D eigenvalue weighted by Gasteiger charge is 2.01. The van der Waals surface area contributed by atoms with Crippen LogP contribution < -0.4 is 5.32 Å². The lowest BCUT2D eigenvalue weighted by Crippen LogP contribution is -2.05. The molecule has 0 saturated heterocycles. The molecular formula is C10H12BrFN2O2. The fourth-order valence-corrected chi connectivity index (χ4v) is 1.46. The monoisotopic (exact) mass is 290 g/mol. The van der Waals surface area contributed by atoms with Gasteiger partial charge in [0.15, 0.2) is 5.82 Å². The summed E-state index contributed by atoms with van der Waals surface area (Å²) < 4.78 is 13.0. The molecule has 1 rings (SSSR count). The van der Waals surface area contributed by atoms with Crippen molar-refractivity contribution in [2.75, 3.05) is 11.9 Å². The Labute approximate surface area is 101 Å². The average molecular weight is 291 g/mol. The highest BCUT2D eigenvalue weighted by molar-refractivity contribution is 9.10. The summed E-state index contributed by atoms with van der Waals surface area (Å²) in [7, 11) is 0. The minimum atomic E-state index is -0.789. The molecule has 1 heterocycles. The predicted molar refractivity (Wildman–Crippen MR) is 61.9 cm³/mol. The topological polar surface area (TPSA) is 62.2 Å². The van der Waals surface area contributed by atoms with Gasteiger partial charge in [0, 0.05) is 13.0 Å².